The molecular formula is C16H18N2O2. The molecule has 0 spiro atoms. The fourth-order valence-electron chi connectivity index (χ4n) is 1.91. The molecule has 0 fully saturated rings. The minimum atomic E-state index is -0.228. The van der Waals surface area contributed by atoms with Crippen LogP contribution < -0.4 is 10.8 Å². The molecule has 2 rings (SSSR count). The summed E-state index contributed by atoms with van der Waals surface area (Å²) in [5.41, 5.74) is 4.33. The molecule has 0 aliphatic carbocycles. The van der Waals surface area contributed by atoms with Crippen molar-refractivity contribution < 1.29 is 9.63 Å². The van der Waals surface area contributed by atoms with Gasteiger partial charge >= 0.3 is 0 Å². The van der Waals surface area contributed by atoms with Crippen LogP contribution in [0.1, 0.15) is 22.0 Å². The van der Waals surface area contributed by atoms with Gasteiger partial charge in [-0.25, -0.2) is 5.48 Å². The van der Waals surface area contributed by atoms with E-state index in [1.54, 1.807) is 19.2 Å². The van der Waals surface area contributed by atoms with Crippen LogP contribution in [0.2, 0.25) is 0 Å². The lowest BCUT2D eigenvalue weighted by Crippen LogP contribution is -2.31. The third-order valence-corrected chi connectivity index (χ3v) is 2.92. The summed E-state index contributed by atoms with van der Waals surface area (Å²) in [6.07, 6.45) is -0.228. The number of carbonyl (C=O) groups is 1. The highest BCUT2D eigenvalue weighted by Crippen LogP contribution is 2.14. The zero-order valence-electron chi connectivity index (χ0n) is 11.4. The van der Waals surface area contributed by atoms with Gasteiger partial charge in [-0.1, -0.05) is 48.5 Å². The predicted octanol–water partition coefficient (Wildman–Crippen LogP) is 2.31. The molecule has 1 amide bonds. The van der Waals surface area contributed by atoms with E-state index in [2.05, 4.69) is 10.8 Å². The molecule has 104 valence electrons. The van der Waals surface area contributed by atoms with Crippen LogP contribution in [0.4, 0.5) is 0 Å². The molecule has 2 aromatic carbocycles. The summed E-state index contributed by atoms with van der Waals surface area (Å²) in [5.74, 6) is -0.105. The minimum Gasteiger partial charge on any atom is -0.349 e. The molecule has 0 radical (unpaired) electrons. The van der Waals surface area contributed by atoms with E-state index < -0.39 is 0 Å². The van der Waals surface area contributed by atoms with Crippen LogP contribution in [0, 0.1) is 0 Å². The summed E-state index contributed by atoms with van der Waals surface area (Å²) in [7, 11) is 1.70. The SMILES string of the molecule is CNOC(CNC(=O)c1ccccc1)c1ccccc1. The maximum absolute atomic E-state index is 12.0. The summed E-state index contributed by atoms with van der Waals surface area (Å²) in [5, 5.41) is 2.88. The Kier molecular flexibility index (Phi) is 5.29. The Balaban J connectivity index is 1.98. The molecule has 0 heterocycles. The van der Waals surface area contributed by atoms with Crippen LogP contribution in [-0.4, -0.2) is 19.5 Å². The smallest absolute Gasteiger partial charge is 0.251 e. The first-order chi connectivity index (χ1) is 9.81. The van der Waals surface area contributed by atoms with Gasteiger partial charge in [0.05, 0.1) is 6.54 Å². The molecule has 0 bridgehead atoms. The van der Waals surface area contributed by atoms with E-state index in [0.29, 0.717) is 12.1 Å². The molecule has 4 heteroatoms. The molecule has 0 saturated heterocycles. The topological polar surface area (TPSA) is 50.4 Å². The van der Waals surface area contributed by atoms with E-state index in [1.807, 2.05) is 48.5 Å². The van der Waals surface area contributed by atoms with Gasteiger partial charge < -0.3 is 5.32 Å². The minimum absolute atomic E-state index is 0.105. The molecular weight excluding hydrogens is 252 g/mol. The molecule has 0 aromatic heterocycles. The van der Waals surface area contributed by atoms with E-state index in [4.69, 9.17) is 4.84 Å². The van der Waals surface area contributed by atoms with Gasteiger partial charge in [0.25, 0.3) is 5.91 Å². The average Bonchev–Trinajstić information content (AvgIpc) is 2.53. The van der Waals surface area contributed by atoms with Gasteiger partial charge in [-0.2, -0.15) is 0 Å². The van der Waals surface area contributed by atoms with Crippen LogP contribution in [0.3, 0.4) is 0 Å². The maximum atomic E-state index is 12.0. The molecule has 1 unspecified atom stereocenters. The molecule has 2 N–H and O–H groups in total. The zero-order valence-corrected chi connectivity index (χ0v) is 11.4. The Morgan fingerprint density at radius 2 is 1.65 bits per heavy atom. The van der Waals surface area contributed by atoms with Gasteiger partial charge in [-0.3, -0.25) is 9.63 Å². The molecule has 20 heavy (non-hydrogen) atoms. The van der Waals surface area contributed by atoms with Crippen molar-refractivity contribution in [2.75, 3.05) is 13.6 Å². The van der Waals surface area contributed by atoms with Crippen molar-refractivity contribution in [3.05, 3.63) is 71.8 Å². The molecule has 0 saturated carbocycles. The van der Waals surface area contributed by atoms with Crippen molar-refractivity contribution in [2.24, 2.45) is 0 Å². The second kappa shape index (κ2) is 7.43. The lowest BCUT2D eigenvalue weighted by Gasteiger charge is -2.17. The third-order valence-electron chi connectivity index (χ3n) is 2.92. The average molecular weight is 270 g/mol. The van der Waals surface area contributed by atoms with Crippen molar-refractivity contribution in [2.45, 2.75) is 6.10 Å². The van der Waals surface area contributed by atoms with Crippen LogP contribution in [-0.2, 0) is 4.84 Å². The lowest BCUT2D eigenvalue weighted by atomic mass is 10.1. The normalized spacial score (nSPS) is 11.8. The standard InChI is InChI=1S/C16H18N2O2/c1-17-20-15(13-8-4-2-5-9-13)12-18-16(19)14-10-6-3-7-11-14/h2-11,15,17H,12H2,1H3,(H,18,19). The summed E-state index contributed by atoms with van der Waals surface area (Å²) in [4.78, 5) is 17.4. The highest BCUT2D eigenvalue weighted by atomic mass is 16.7. The van der Waals surface area contributed by atoms with Crippen molar-refractivity contribution >= 4 is 5.91 Å². The van der Waals surface area contributed by atoms with Crippen LogP contribution >= 0.6 is 0 Å². The molecule has 0 aliphatic rings. The van der Waals surface area contributed by atoms with Crippen LogP contribution in [0.25, 0.3) is 0 Å². The van der Waals surface area contributed by atoms with Crippen molar-refractivity contribution in [3.63, 3.8) is 0 Å². The first-order valence-corrected chi connectivity index (χ1v) is 6.52. The number of benzene rings is 2. The Morgan fingerprint density at radius 1 is 1.05 bits per heavy atom. The number of hydrogen-bond acceptors (Lipinski definition) is 3. The zero-order chi connectivity index (χ0) is 14.2. The van der Waals surface area contributed by atoms with E-state index in [0.717, 1.165) is 5.56 Å². The van der Waals surface area contributed by atoms with Crippen LogP contribution in [0.5, 0.6) is 0 Å². The highest BCUT2D eigenvalue weighted by Gasteiger charge is 2.13. The summed E-state index contributed by atoms with van der Waals surface area (Å²) >= 11 is 0. The van der Waals surface area contributed by atoms with Gasteiger partial charge in [0, 0.05) is 12.6 Å². The molecule has 1 atom stereocenters. The molecule has 4 nitrogen and oxygen atoms in total. The van der Waals surface area contributed by atoms with Gasteiger partial charge in [0.2, 0.25) is 0 Å². The van der Waals surface area contributed by atoms with E-state index >= 15 is 0 Å². The predicted molar refractivity (Wildman–Crippen MR) is 78.1 cm³/mol. The van der Waals surface area contributed by atoms with Gasteiger partial charge in [-0.15, -0.1) is 0 Å². The first-order valence-electron chi connectivity index (χ1n) is 6.52. The highest BCUT2D eigenvalue weighted by molar-refractivity contribution is 5.94. The first kappa shape index (κ1) is 14.2. The van der Waals surface area contributed by atoms with E-state index in [-0.39, 0.29) is 12.0 Å². The van der Waals surface area contributed by atoms with Gasteiger partial charge in [-0.05, 0) is 17.7 Å². The number of amides is 1. The molecule has 2 aromatic rings. The van der Waals surface area contributed by atoms with Crippen molar-refractivity contribution in [1.82, 2.24) is 10.8 Å². The number of hydroxylamine groups is 1. The monoisotopic (exact) mass is 270 g/mol. The van der Waals surface area contributed by atoms with Crippen molar-refractivity contribution in [3.8, 4) is 0 Å². The number of nitrogens with one attached hydrogen (secondary N) is 2. The van der Waals surface area contributed by atoms with E-state index in [1.165, 1.54) is 0 Å². The van der Waals surface area contributed by atoms with Crippen LogP contribution in [0.15, 0.2) is 60.7 Å². The van der Waals surface area contributed by atoms with E-state index in [9.17, 15) is 4.79 Å². The largest absolute Gasteiger partial charge is 0.349 e. The Hall–Kier alpha value is -2.17. The molecule has 0 aliphatic heterocycles. The summed E-state index contributed by atoms with van der Waals surface area (Å²) < 4.78 is 0. The van der Waals surface area contributed by atoms with Gasteiger partial charge in [0.1, 0.15) is 6.10 Å². The third kappa shape index (κ3) is 3.91. The fraction of sp³-hybridized carbons (Fsp3) is 0.188. The number of carbonyl (C=O) groups excluding carboxylic acids is 1. The Labute approximate surface area is 118 Å². The number of rotatable bonds is 6. The summed E-state index contributed by atoms with van der Waals surface area (Å²) in [6.45, 7) is 0.401. The Morgan fingerprint density at radius 3 is 2.25 bits per heavy atom. The van der Waals surface area contributed by atoms with Crippen molar-refractivity contribution in [1.29, 1.82) is 0 Å². The second-order valence-electron chi connectivity index (χ2n) is 4.30. The maximum Gasteiger partial charge on any atom is 0.251 e. The van der Waals surface area contributed by atoms with Gasteiger partial charge in [0.15, 0.2) is 0 Å². The lowest BCUT2D eigenvalue weighted by molar-refractivity contribution is -0.0121. The fourth-order valence-corrected chi connectivity index (χ4v) is 1.91. The quantitative estimate of drug-likeness (QED) is 0.792. The second-order valence-corrected chi connectivity index (χ2v) is 4.30. The Bertz CT molecular complexity index is 529. The number of hydrogen-bond donors (Lipinski definition) is 2. The summed E-state index contributed by atoms with van der Waals surface area (Å²) in [6, 6.07) is 18.9.